The van der Waals surface area contributed by atoms with Crippen molar-refractivity contribution in [2.45, 2.75) is 6.92 Å². The summed E-state index contributed by atoms with van der Waals surface area (Å²) in [6.45, 7) is 6.97. The molecule has 1 aliphatic rings. The van der Waals surface area contributed by atoms with Crippen molar-refractivity contribution in [2.24, 2.45) is 5.92 Å². The molecule has 0 spiro atoms. The maximum absolute atomic E-state index is 12.7. The molecular formula is C26H28ClN5O2. The largest absolute Gasteiger partial charge is 0.382 e. The van der Waals surface area contributed by atoms with E-state index in [0.29, 0.717) is 29.5 Å². The average Bonchev–Trinajstić information content (AvgIpc) is 2.88. The van der Waals surface area contributed by atoms with Gasteiger partial charge < -0.3 is 15.4 Å². The minimum atomic E-state index is -0.188. The van der Waals surface area contributed by atoms with Crippen molar-refractivity contribution in [1.29, 1.82) is 5.26 Å². The predicted octanol–water partition coefficient (Wildman–Crippen LogP) is 4.19. The van der Waals surface area contributed by atoms with Crippen molar-refractivity contribution < 1.29 is 9.53 Å². The molecule has 4 rings (SSSR count). The van der Waals surface area contributed by atoms with Gasteiger partial charge in [-0.1, -0.05) is 35.9 Å². The lowest BCUT2D eigenvalue weighted by Gasteiger charge is -2.26. The molecule has 0 aliphatic carbocycles. The van der Waals surface area contributed by atoms with Crippen LogP contribution in [0, 0.1) is 17.2 Å². The van der Waals surface area contributed by atoms with Gasteiger partial charge in [0.25, 0.3) is 5.91 Å². The quantitative estimate of drug-likeness (QED) is 0.505. The van der Waals surface area contributed by atoms with Gasteiger partial charge >= 0.3 is 0 Å². The van der Waals surface area contributed by atoms with Gasteiger partial charge in [-0.05, 0) is 36.6 Å². The zero-order valence-corrected chi connectivity index (χ0v) is 19.9. The first kappa shape index (κ1) is 24.0. The number of halogens is 1. The molecule has 2 aromatic carbocycles. The van der Waals surface area contributed by atoms with Gasteiger partial charge in [-0.3, -0.25) is 9.69 Å². The summed E-state index contributed by atoms with van der Waals surface area (Å²) in [6.07, 6.45) is 0. The van der Waals surface area contributed by atoms with E-state index in [4.69, 9.17) is 21.6 Å². The zero-order valence-electron chi connectivity index (χ0n) is 19.2. The molecule has 8 heteroatoms. The molecule has 0 bridgehead atoms. The van der Waals surface area contributed by atoms with Gasteiger partial charge in [0.2, 0.25) is 0 Å². The van der Waals surface area contributed by atoms with E-state index >= 15 is 0 Å². The second-order valence-corrected chi connectivity index (χ2v) is 8.79. The van der Waals surface area contributed by atoms with Crippen molar-refractivity contribution in [3.63, 3.8) is 0 Å². The fourth-order valence-electron chi connectivity index (χ4n) is 3.90. The second-order valence-electron chi connectivity index (χ2n) is 8.39. The number of nitrogens with one attached hydrogen (secondary N) is 2. The smallest absolute Gasteiger partial charge is 0.269 e. The molecule has 2 heterocycles. The number of pyridine rings is 1. The number of morpholine rings is 1. The van der Waals surface area contributed by atoms with E-state index in [1.54, 1.807) is 6.07 Å². The van der Waals surface area contributed by atoms with Crippen LogP contribution in [0.1, 0.15) is 17.4 Å². The number of ether oxygens (including phenoxy) is 1. The Morgan fingerprint density at radius 2 is 2.03 bits per heavy atom. The maximum atomic E-state index is 12.7. The number of benzene rings is 2. The Hall–Kier alpha value is -3.18. The molecule has 3 aromatic rings. The first-order valence-electron chi connectivity index (χ1n) is 11.5. The molecule has 7 nitrogen and oxygen atoms in total. The molecule has 1 unspecified atom stereocenters. The highest BCUT2D eigenvalue weighted by Gasteiger charge is 2.14. The zero-order chi connectivity index (χ0) is 23.9. The number of rotatable bonds is 8. The fourth-order valence-corrected chi connectivity index (χ4v) is 4.13. The molecular weight excluding hydrogens is 450 g/mol. The Bertz CT molecular complexity index is 1200. The van der Waals surface area contributed by atoms with Crippen LogP contribution in [0.25, 0.3) is 22.0 Å². The molecule has 1 aliphatic heterocycles. The molecule has 0 radical (unpaired) electrons. The van der Waals surface area contributed by atoms with Gasteiger partial charge in [0.15, 0.2) is 0 Å². The lowest BCUT2D eigenvalue weighted by Crippen LogP contribution is -2.41. The van der Waals surface area contributed by atoms with Crippen molar-refractivity contribution in [1.82, 2.24) is 15.2 Å². The van der Waals surface area contributed by atoms with Crippen LogP contribution in [0.2, 0.25) is 5.02 Å². The van der Waals surface area contributed by atoms with Gasteiger partial charge in [-0.2, -0.15) is 5.26 Å². The summed E-state index contributed by atoms with van der Waals surface area (Å²) >= 11 is 6.48. The summed E-state index contributed by atoms with van der Waals surface area (Å²) in [7, 11) is 0. The summed E-state index contributed by atoms with van der Waals surface area (Å²) in [4.78, 5) is 19.6. The third-order valence-electron chi connectivity index (χ3n) is 5.87. The van der Waals surface area contributed by atoms with Crippen LogP contribution in [0.4, 0.5) is 5.69 Å². The average molecular weight is 478 g/mol. The number of amides is 1. The van der Waals surface area contributed by atoms with Crippen LogP contribution in [0.5, 0.6) is 0 Å². The van der Waals surface area contributed by atoms with Crippen LogP contribution in [-0.2, 0) is 4.74 Å². The molecule has 1 atom stereocenters. The van der Waals surface area contributed by atoms with Crippen LogP contribution in [0.15, 0.2) is 48.5 Å². The van der Waals surface area contributed by atoms with Crippen LogP contribution in [0.3, 0.4) is 0 Å². The standard InChI is InChI=1S/C26H28ClN5O2/c1-18(16-28)17-30-25-21-15-20(6-5-19(21)7-8-22(25)27)23-3-2-4-24(31-23)26(33)29-9-10-32-11-13-34-14-12-32/h2-8,15,18,30H,9-14,17H2,1H3,(H,29,33). The summed E-state index contributed by atoms with van der Waals surface area (Å²) < 4.78 is 5.36. The van der Waals surface area contributed by atoms with E-state index in [2.05, 4.69) is 26.6 Å². The Labute approximate surface area is 204 Å². The van der Waals surface area contributed by atoms with E-state index in [0.717, 1.165) is 54.9 Å². The Morgan fingerprint density at radius 1 is 1.24 bits per heavy atom. The van der Waals surface area contributed by atoms with Crippen LogP contribution >= 0.6 is 11.6 Å². The third kappa shape index (κ3) is 5.84. The predicted molar refractivity (Wildman–Crippen MR) is 135 cm³/mol. The van der Waals surface area contributed by atoms with Crippen molar-refractivity contribution >= 4 is 34.0 Å². The monoisotopic (exact) mass is 477 g/mol. The third-order valence-corrected chi connectivity index (χ3v) is 6.19. The van der Waals surface area contributed by atoms with Gasteiger partial charge in [0.1, 0.15) is 5.69 Å². The SMILES string of the molecule is CC(C#N)CNc1c(Cl)ccc2ccc(-c3cccc(C(=O)NCCN4CCOCC4)n3)cc12. The van der Waals surface area contributed by atoms with E-state index in [1.165, 1.54) is 0 Å². The number of nitrogens with zero attached hydrogens (tertiary/aromatic N) is 3. The summed E-state index contributed by atoms with van der Waals surface area (Å²) in [6, 6.07) is 17.5. The van der Waals surface area contributed by atoms with Crippen molar-refractivity contribution in [3.8, 4) is 17.3 Å². The highest BCUT2D eigenvalue weighted by molar-refractivity contribution is 6.35. The number of hydrogen-bond acceptors (Lipinski definition) is 6. The number of aromatic nitrogens is 1. The highest BCUT2D eigenvalue weighted by Crippen LogP contribution is 2.34. The summed E-state index contributed by atoms with van der Waals surface area (Å²) in [5.74, 6) is -0.332. The van der Waals surface area contributed by atoms with E-state index in [1.807, 2.05) is 49.4 Å². The number of carbonyl (C=O) groups excluding carboxylic acids is 1. The first-order valence-corrected chi connectivity index (χ1v) is 11.8. The normalized spacial score (nSPS) is 15.0. The number of carbonyl (C=O) groups is 1. The number of hydrogen-bond donors (Lipinski definition) is 2. The molecule has 1 amide bonds. The maximum Gasteiger partial charge on any atom is 0.269 e. The Morgan fingerprint density at radius 3 is 2.82 bits per heavy atom. The number of anilines is 1. The summed E-state index contributed by atoms with van der Waals surface area (Å²) in [5, 5.41) is 17.9. The molecule has 1 aromatic heterocycles. The number of fused-ring (bicyclic) bond motifs is 1. The highest BCUT2D eigenvalue weighted by atomic mass is 35.5. The van der Waals surface area contributed by atoms with E-state index in [9.17, 15) is 4.79 Å². The Kier molecular flexibility index (Phi) is 7.96. The van der Waals surface area contributed by atoms with Gasteiger partial charge in [0.05, 0.1) is 41.6 Å². The lowest BCUT2D eigenvalue weighted by molar-refractivity contribution is 0.0383. The molecule has 176 valence electrons. The minimum Gasteiger partial charge on any atom is -0.382 e. The van der Waals surface area contributed by atoms with Gasteiger partial charge in [-0.15, -0.1) is 0 Å². The Balaban J connectivity index is 1.51. The fraction of sp³-hybridized carbons (Fsp3) is 0.346. The van der Waals surface area contributed by atoms with Crippen LogP contribution < -0.4 is 10.6 Å². The first-order chi connectivity index (χ1) is 16.5. The van der Waals surface area contributed by atoms with Crippen molar-refractivity contribution in [3.05, 3.63) is 59.2 Å². The molecule has 0 saturated carbocycles. The minimum absolute atomic E-state index is 0.144. The van der Waals surface area contributed by atoms with Crippen LogP contribution in [-0.4, -0.2) is 61.7 Å². The molecule has 2 N–H and O–H groups in total. The summed E-state index contributed by atoms with van der Waals surface area (Å²) in [5.41, 5.74) is 2.76. The van der Waals surface area contributed by atoms with Crippen molar-refractivity contribution in [2.75, 3.05) is 51.3 Å². The van der Waals surface area contributed by atoms with Gasteiger partial charge in [0, 0.05) is 43.7 Å². The molecule has 1 fully saturated rings. The van der Waals surface area contributed by atoms with Gasteiger partial charge in [-0.25, -0.2) is 4.98 Å². The molecule has 1 saturated heterocycles. The topological polar surface area (TPSA) is 90.3 Å². The second kappa shape index (κ2) is 11.3. The lowest BCUT2D eigenvalue weighted by atomic mass is 10.0. The number of nitriles is 1. The van der Waals surface area contributed by atoms with E-state index < -0.39 is 0 Å². The van der Waals surface area contributed by atoms with E-state index in [-0.39, 0.29) is 11.8 Å². The molecule has 34 heavy (non-hydrogen) atoms.